The zero-order valence-electron chi connectivity index (χ0n) is 15.3. The van der Waals surface area contributed by atoms with Gasteiger partial charge in [0.1, 0.15) is 12.2 Å². The normalized spacial score (nSPS) is 18.8. The predicted molar refractivity (Wildman–Crippen MR) is 98.7 cm³/mol. The molecule has 0 unspecified atom stereocenters. The van der Waals surface area contributed by atoms with E-state index in [9.17, 15) is 22.8 Å². The number of para-hydroxylation sites is 1. The van der Waals surface area contributed by atoms with Crippen LogP contribution in [-0.4, -0.2) is 36.6 Å². The summed E-state index contributed by atoms with van der Waals surface area (Å²) in [5, 5.41) is 11.9. The Labute approximate surface area is 173 Å². The van der Waals surface area contributed by atoms with Gasteiger partial charge in [-0.05, 0) is 24.3 Å². The monoisotopic (exact) mass is 445 g/mol. The van der Waals surface area contributed by atoms with Gasteiger partial charge in [0.25, 0.3) is 5.91 Å². The van der Waals surface area contributed by atoms with Crippen LogP contribution in [0.4, 0.5) is 18.9 Å². The van der Waals surface area contributed by atoms with Gasteiger partial charge in [-0.1, -0.05) is 23.7 Å². The number of carboxylic acid groups (broad SMARTS) is 1. The van der Waals surface area contributed by atoms with E-state index in [2.05, 4.69) is 10.1 Å². The minimum Gasteiger partial charge on any atom is -0.492 e. The van der Waals surface area contributed by atoms with E-state index in [4.69, 9.17) is 26.2 Å². The van der Waals surface area contributed by atoms with Crippen LogP contribution in [0, 0.1) is 0 Å². The molecule has 2 N–H and O–H groups in total. The highest BCUT2D eigenvalue weighted by Gasteiger charge is 2.37. The maximum atomic E-state index is 12.8. The first kappa shape index (κ1) is 21.7. The third kappa shape index (κ3) is 4.77. The highest BCUT2D eigenvalue weighted by Crippen LogP contribution is 2.44. The lowest BCUT2D eigenvalue weighted by Gasteiger charge is -2.24. The van der Waals surface area contributed by atoms with E-state index in [0.29, 0.717) is 5.56 Å². The molecule has 30 heavy (non-hydrogen) atoms. The average molecular weight is 446 g/mol. The second kappa shape index (κ2) is 8.41. The Kier molecular flexibility index (Phi) is 6.09. The van der Waals surface area contributed by atoms with E-state index in [-0.39, 0.29) is 22.0 Å². The molecule has 0 saturated carbocycles. The van der Waals surface area contributed by atoms with Crippen LogP contribution in [0.25, 0.3) is 0 Å². The van der Waals surface area contributed by atoms with Crippen LogP contribution in [0.3, 0.4) is 0 Å². The number of aliphatic carboxylic acids is 1. The number of carbonyl (C=O) groups excluding carboxylic acids is 1. The minimum absolute atomic E-state index is 0.0923. The van der Waals surface area contributed by atoms with E-state index in [1.165, 1.54) is 30.3 Å². The molecule has 0 bridgehead atoms. The molecule has 11 heteroatoms. The highest BCUT2D eigenvalue weighted by molar-refractivity contribution is 6.30. The number of carbonyl (C=O) groups is 2. The summed E-state index contributed by atoms with van der Waals surface area (Å²) in [5.41, 5.74) is 0.673. The standard InChI is InChI=1S/C19H15ClF3NO6/c1-28-17-10(3-2-4-13(17)30-19(21,22)23)16-11-7-9(20)5-6-12(11)24-18(27)14(29-16)8-15(25)26/h2-7,14,16H,8H2,1H3,(H,24,27)(H,25,26)/t14-,16-/m1/s1. The molecule has 1 amide bonds. The van der Waals surface area contributed by atoms with Crippen molar-refractivity contribution in [2.75, 3.05) is 12.4 Å². The zero-order valence-corrected chi connectivity index (χ0v) is 16.1. The van der Waals surface area contributed by atoms with Crippen LogP contribution < -0.4 is 14.8 Å². The van der Waals surface area contributed by atoms with Crippen molar-refractivity contribution in [3.8, 4) is 11.5 Å². The molecule has 0 radical (unpaired) electrons. The van der Waals surface area contributed by atoms with Crippen molar-refractivity contribution in [3.05, 3.63) is 52.5 Å². The van der Waals surface area contributed by atoms with E-state index in [0.717, 1.165) is 13.2 Å². The maximum Gasteiger partial charge on any atom is 0.573 e. The van der Waals surface area contributed by atoms with Crippen molar-refractivity contribution < 1.29 is 42.1 Å². The SMILES string of the molecule is COc1c(OC(F)(F)F)cccc1[C@H]1O[C@H](CC(=O)O)C(=O)Nc2ccc(Cl)cc21. The number of methoxy groups -OCH3 is 1. The minimum atomic E-state index is -4.97. The summed E-state index contributed by atoms with van der Waals surface area (Å²) in [6.45, 7) is 0. The molecule has 0 spiro atoms. The van der Waals surface area contributed by atoms with Crippen molar-refractivity contribution in [1.82, 2.24) is 0 Å². The summed E-state index contributed by atoms with van der Waals surface area (Å²) in [6, 6.07) is 8.21. The second-order valence-corrected chi connectivity index (χ2v) is 6.69. The van der Waals surface area contributed by atoms with Gasteiger partial charge >= 0.3 is 12.3 Å². The van der Waals surface area contributed by atoms with Crippen LogP contribution >= 0.6 is 11.6 Å². The second-order valence-electron chi connectivity index (χ2n) is 6.25. The fraction of sp³-hybridized carbons (Fsp3) is 0.263. The lowest BCUT2D eigenvalue weighted by atomic mass is 9.98. The molecule has 2 atom stereocenters. The van der Waals surface area contributed by atoms with Crippen molar-refractivity contribution in [1.29, 1.82) is 0 Å². The van der Waals surface area contributed by atoms with Crippen molar-refractivity contribution in [2.45, 2.75) is 25.0 Å². The molecule has 0 saturated heterocycles. The number of hydrogen-bond acceptors (Lipinski definition) is 5. The summed E-state index contributed by atoms with van der Waals surface area (Å²) < 4.78 is 53.3. The topological polar surface area (TPSA) is 94.1 Å². The Morgan fingerprint density at radius 3 is 2.63 bits per heavy atom. The summed E-state index contributed by atoms with van der Waals surface area (Å²) >= 11 is 6.06. The van der Waals surface area contributed by atoms with Gasteiger partial charge in [-0.2, -0.15) is 0 Å². The lowest BCUT2D eigenvalue weighted by molar-refractivity contribution is -0.275. The number of benzene rings is 2. The third-order valence-corrected chi connectivity index (χ3v) is 4.46. The van der Waals surface area contributed by atoms with Gasteiger partial charge in [-0.15, -0.1) is 13.2 Å². The van der Waals surface area contributed by atoms with Gasteiger partial charge in [-0.25, -0.2) is 0 Å². The van der Waals surface area contributed by atoms with E-state index >= 15 is 0 Å². The Hall–Kier alpha value is -2.98. The number of anilines is 1. The molecule has 1 aliphatic rings. The van der Waals surface area contributed by atoms with Gasteiger partial charge in [0.05, 0.1) is 13.5 Å². The first-order valence-corrected chi connectivity index (χ1v) is 8.87. The number of hydrogen-bond donors (Lipinski definition) is 2. The molecule has 2 aromatic rings. The Bertz CT molecular complexity index is 981. The number of rotatable bonds is 5. The number of fused-ring (bicyclic) bond motifs is 1. The third-order valence-electron chi connectivity index (χ3n) is 4.23. The number of halogens is 4. The molecule has 0 aromatic heterocycles. The summed E-state index contributed by atoms with van der Waals surface area (Å²) in [6.07, 6.45) is -8.23. The molecule has 160 valence electrons. The van der Waals surface area contributed by atoms with Crippen molar-refractivity contribution >= 4 is 29.2 Å². The highest BCUT2D eigenvalue weighted by atomic mass is 35.5. The van der Waals surface area contributed by atoms with Crippen molar-refractivity contribution in [2.24, 2.45) is 0 Å². The van der Waals surface area contributed by atoms with Crippen LogP contribution in [0.15, 0.2) is 36.4 Å². The fourth-order valence-corrected chi connectivity index (χ4v) is 3.26. The van der Waals surface area contributed by atoms with E-state index in [1.807, 2.05) is 0 Å². The van der Waals surface area contributed by atoms with E-state index < -0.39 is 42.6 Å². The average Bonchev–Trinajstić information content (AvgIpc) is 2.77. The maximum absolute atomic E-state index is 12.8. The molecule has 0 fully saturated rings. The van der Waals surface area contributed by atoms with Gasteiger partial charge in [-0.3, -0.25) is 9.59 Å². The Morgan fingerprint density at radius 2 is 2.00 bits per heavy atom. The number of amides is 1. The van der Waals surface area contributed by atoms with Crippen LogP contribution in [0.2, 0.25) is 5.02 Å². The van der Waals surface area contributed by atoms with Crippen LogP contribution in [0.5, 0.6) is 11.5 Å². The molecular formula is C19H15ClF3NO6. The molecule has 0 aliphatic carbocycles. The van der Waals surface area contributed by atoms with Crippen LogP contribution in [-0.2, 0) is 14.3 Å². The van der Waals surface area contributed by atoms with Crippen LogP contribution in [0.1, 0.15) is 23.7 Å². The van der Waals surface area contributed by atoms with Crippen molar-refractivity contribution in [3.63, 3.8) is 0 Å². The predicted octanol–water partition coefficient (Wildman–Crippen LogP) is 4.15. The van der Waals surface area contributed by atoms with Gasteiger partial charge in [0.2, 0.25) is 0 Å². The number of ether oxygens (including phenoxy) is 3. The Balaban J connectivity index is 2.16. The zero-order chi connectivity index (χ0) is 22.1. The molecule has 1 aliphatic heterocycles. The first-order valence-electron chi connectivity index (χ1n) is 8.49. The molecule has 3 rings (SSSR count). The van der Waals surface area contributed by atoms with Gasteiger partial charge in [0, 0.05) is 21.8 Å². The number of nitrogens with one attached hydrogen (secondary N) is 1. The number of alkyl halides is 3. The largest absolute Gasteiger partial charge is 0.573 e. The fourth-order valence-electron chi connectivity index (χ4n) is 3.08. The smallest absolute Gasteiger partial charge is 0.492 e. The number of carboxylic acids is 1. The van der Waals surface area contributed by atoms with Gasteiger partial charge in [0.15, 0.2) is 11.5 Å². The summed E-state index contributed by atoms with van der Waals surface area (Å²) in [7, 11) is 1.15. The Morgan fingerprint density at radius 1 is 1.27 bits per heavy atom. The van der Waals surface area contributed by atoms with E-state index in [1.54, 1.807) is 0 Å². The quantitative estimate of drug-likeness (QED) is 0.718. The molecule has 1 heterocycles. The van der Waals surface area contributed by atoms with Gasteiger partial charge < -0.3 is 24.6 Å². The first-order chi connectivity index (χ1) is 14.1. The molecular weight excluding hydrogens is 431 g/mol. The lowest BCUT2D eigenvalue weighted by Crippen LogP contribution is -2.31. The molecule has 7 nitrogen and oxygen atoms in total. The summed E-state index contributed by atoms with van der Waals surface area (Å²) in [5.74, 6) is -2.91. The molecule has 2 aromatic carbocycles. The summed E-state index contributed by atoms with van der Waals surface area (Å²) in [4.78, 5) is 23.6.